The fraction of sp³-hybridized carbons (Fsp3) is 0.0270. The van der Waals surface area contributed by atoms with Crippen molar-refractivity contribution in [3.8, 4) is 33.4 Å². The minimum Gasteiger partial charge on any atom is -0.373 e. The summed E-state index contributed by atoms with van der Waals surface area (Å²) in [6.45, 7) is 0.0654. The molecule has 2 aliphatic rings. The van der Waals surface area contributed by atoms with Gasteiger partial charge in [0, 0.05) is 7.05 Å². The van der Waals surface area contributed by atoms with Crippen molar-refractivity contribution in [3.63, 3.8) is 0 Å². The maximum atomic E-state index is 2.59. The van der Waals surface area contributed by atoms with Gasteiger partial charge in [0.25, 0.3) is 0 Å². The molecule has 0 aliphatic carbocycles. The van der Waals surface area contributed by atoms with Gasteiger partial charge in [-0.2, -0.15) is 0 Å². The smallest absolute Gasteiger partial charge is 0.329 e. The van der Waals surface area contributed by atoms with E-state index in [2.05, 4.69) is 162 Å². The maximum absolute atomic E-state index is 2.59. The molecule has 6 aromatic carbocycles. The first kappa shape index (κ1) is 22.9. The molecule has 0 radical (unpaired) electrons. The quantitative estimate of drug-likeness (QED) is 0.223. The lowest BCUT2D eigenvalue weighted by Gasteiger charge is -2.42. The molecule has 0 aromatic heterocycles. The zero-order valence-electron chi connectivity index (χ0n) is 22.3. The van der Waals surface area contributed by atoms with E-state index in [0.717, 1.165) is 0 Å². The van der Waals surface area contributed by atoms with Crippen LogP contribution in [0.4, 0.5) is 22.7 Å². The predicted octanol–water partition coefficient (Wildman–Crippen LogP) is 8.03. The molecule has 0 N–H and O–H groups in total. The molecule has 6 aromatic rings. The number of rotatable bonds is 3. The molecule has 0 amide bonds. The first-order valence-electron chi connectivity index (χ1n) is 13.9. The predicted molar refractivity (Wildman–Crippen MR) is 171 cm³/mol. The zero-order chi connectivity index (χ0) is 26.6. The fourth-order valence-electron chi connectivity index (χ4n) is 6.57. The molecule has 3 heteroatoms. The Balaban J connectivity index is 1.41. The van der Waals surface area contributed by atoms with Crippen molar-refractivity contribution in [1.82, 2.24) is 0 Å². The summed E-state index contributed by atoms with van der Waals surface area (Å²) in [6.07, 6.45) is 0. The van der Waals surface area contributed by atoms with Gasteiger partial charge in [-0.1, -0.05) is 121 Å². The summed E-state index contributed by atoms with van der Waals surface area (Å²) in [4.78, 5) is 4.94. The van der Waals surface area contributed by atoms with Gasteiger partial charge in [0.15, 0.2) is 0 Å². The van der Waals surface area contributed by atoms with Crippen LogP contribution in [0.5, 0.6) is 0 Å². The second-order valence-electron chi connectivity index (χ2n) is 10.6. The number of anilines is 4. The maximum Gasteiger partial charge on any atom is 0.329 e. The van der Waals surface area contributed by atoms with E-state index in [-0.39, 0.29) is 6.85 Å². The lowest BCUT2D eigenvalue weighted by atomic mass is 9.51. The molecule has 0 saturated carbocycles. The first-order chi connectivity index (χ1) is 19.8. The standard InChI is InChI=1S/C37H27BN2/c1-39-34-22-20-28(26-12-4-2-5-13-26)24-36(34)40(37-25-29(21-23-35(37)39)27-14-6-3-7-15-27)38-32-18-10-8-16-30(32)31-17-9-11-19-33(31)38/h2-25H,1H3. The first-order valence-corrected chi connectivity index (χ1v) is 13.9. The van der Waals surface area contributed by atoms with Gasteiger partial charge in [-0.15, -0.1) is 0 Å². The molecular weight excluding hydrogens is 483 g/mol. The highest BCUT2D eigenvalue weighted by Crippen LogP contribution is 2.50. The molecule has 2 heterocycles. The number of hydrogen-bond acceptors (Lipinski definition) is 2. The van der Waals surface area contributed by atoms with Crippen LogP contribution in [0.25, 0.3) is 33.4 Å². The third kappa shape index (κ3) is 3.44. The third-order valence-electron chi connectivity index (χ3n) is 8.47. The second-order valence-corrected chi connectivity index (χ2v) is 10.6. The Morgan fingerprint density at radius 2 is 0.825 bits per heavy atom. The van der Waals surface area contributed by atoms with Crippen LogP contribution in [0.2, 0.25) is 0 Å². The van der Waals surface area contributed by atoms with Crippen molar-refractivity contribution < 1.29 is 0 Å². The van der Waals surface area contributed by atoms with E-state index in [1.165, 1.54) is 67.1 Å². The van der Waals surface area contributed by atoms with Crippen molar-refractivity contribution in [3.05, 3.63) is 146 Å². The Labute approximate surface area is 235 Å². The molecule has 0 unspecified atom stereocenters. The Morgan fingerprint density at radius 1 is 0.400 bits per heavy atom. The Bertz CT molecular complexity index is 1740. The SMILES string of the molecule is CN1c2ccc(-c3ccccc3)cc2N(B2c3ccccc3-c3ccccc32)c2cc(-c3ccccc3)ccc21. The number of nitrogens with zero attached hydrogens (tertiary/aromatic N) is 2. The highest BCUT2D eigenvalue weighted by molar-refractivity contribution is 6.93. The highest BCUT2D eigenvalue weighted by Gasteiger charge is 2.42. The van der Waals surface area contributed by atoms with Crippen LogP contribution >= 0.6 is 0 Å². The van der Waals surface area contributed by atoms with Gasteiger partial charge < -0.3 is 9.71 Å². The number of fused-ring (bicyclic) bond motifs is 5. The van der Waals surface area contributed by atoms with Gasteiger partial charge in [-0.25, -0.2) is 0 Å². The van der Waals surface area contributed by atoms with Crippen molar-refractivity contribution in [1.29, 1.82) is 0 Å². The molecule has 40 heavy (non-hydrogen) atoms. The van der Waals surface area contributed by atoms with E-state index in [4.69, 9.17) is 0 Å². The van der Waals surface area contributed by atoms with Gasteiger partial charge >= 0.3 is 6.85 Å². The van der Waals surface area contributed by atoms with Crippen LogP contribution in [0, 0.1) is 0 Å². The summed E-state index contributed by atoms with van der Waals surface area (Å²) in [5, 5.41) is 0. The summed E-state index contributed by atoms with van der Waals surface area (Å²) in [5.74, 6) is 0. The average Bonchev–Trinajstić information content (AvgIpc) is 3.36. The van der Waals surface area contributed by atoms with E-state index in [0.29, 0.717) is 0 Å². The van der Waals surface area contributed by atoms with Crippen LogP contribution in [-0.4, -0.2) is 13.9 Å². The zero-order valence-corrected chi connectivity index (χ0v) is 22.3. The lowest BCUT2D eigenvalue weighted by Crippen LogP contribution is -2.53. The normalized spacial score (nSPS) is 13.0. The summed E-state index contributed by atoms with van der Waals surface area (Å²) in [7, 11) is 2.19. The lowest BCUT2D eigenvalue weighted by molar-refractivity contribution is 1.15. The monoisotopic (exact) mass is 510 g/mol. The molecule has 2 nitrogen and oxygen atoms in total. The Kier molecular flexibility index (Phi) is 5.18. The van der Waals surface area contributed by atoms with E-state index in [1.807, 2.05) is 0 Å². The molecule has 0 fully saturated rings. The topological polar surface area (TPSA) is 6.48 Å². The van der Waals surface area contributed by atoms with E-state index < -0.39 is 0 Å². The van der Waals surface area contributed by atoms with Crippen molar-refractivity contribution >= 4 is 40.5 Å². The minimum absolute atomic E-state index is 0.0654. The van der Waals surface area contributed by atoms with Crippen molar-refractivity contribution in [2.24, 2.45) is 0 Å². The number of benzene rings is 6. The van der Waals surface area contributed by atoms with Crippen molar-refractivity contribution in [2.75, 3.05) is 16.8 Å². The summed E-state index contributed by atoms with van der Waals surface area (Å²) < 4.78 is 0. The van der Waals surface area contributed by atoms with Crippen LogP contribution in [0.15, 0.2) is 146 Å². The van der Waals surface area contributed by atoms with Crippen LogP contribution in [0.1, 0.15) is 0 Å². The summed E-state index contributed by atoms with van der Waals surface area (Å²) >= 11 is 0. The van der Waals surface area contributed by atoms with Gasteiger partial charge in [-0.05, 0) is 68.6 Å². The summed E-state index contributed by atoms with van der Waals surface area (Å²) in [6, 6.07) is 53.0. The fourth-order valence-corrected chi connectivity index (χ4v) is 6.57. The van der Waals surface area contributed by atoms with Gasteiger partial charge in [0.2, 0.25) is 0 Å². The molecular formula is C37H27BN2. The Morgan fingerprint density at radius 3 is 1.30 bits per heavy atom. The molecule has 0 spiro atoms. The summed E-state index contributed by atoms with van der Waals surface area (Å²) in [5.41, 5.74) is 15.1. The van der Waals surface area contributed by atoms with E-state index in [9.17, 15) is 0 Å². The minimum atomic E-state index is 0.0654. The average molecular weight is 510 g/mol. The van der Waals surface area contributed by atoms with Crippen LogP contribution < -0.4 is 20.6 Å². The Hall–Kier alpha value is -5.02. The van der Waals surface area contributed by atoms with Crippen LogP contribution in [0.3, 0.4) is 0 Å². The third-order valence-corrected chi connectivity index (χ3v) is 8.47. The molecule has 0 bridgehead atoms. The van der Waals surface area contributed by atoms with Crippen LogP contribution in [-0.2, 0) is 0 Å². The molecule has 188 valence electrons. The van der Waals surface area contributed by atoms with Gasteiger partial charge in [0.05, 0.1) is 22.7 Å². The molecule has 2 aliphatic heterocycles. The van der Waals surface area contributed by atoms with Gasteiger partial charge in [-0.3, -0.25) is 0 Å². The van der Waals surface area contributed by atoms with Crippen molar-refractivity contribution in [2.45, 2.75) is 0 Å². The molecule has 0 saturated heterocycles. The van der Waals surface area contributed by atoms with E-state index in [1.54, 1.807) is 0 Å². The van der Waals surface area contributed by atoms with E-state index >= 15 is 0 Å². The molecule has 8 rings (SSSR count). The number of hydrogen-bond donors (Lipinski definition) is 0. The van der Waals surface area contributed by atoms with Gasteiger partial charge in [0.1, 0.15) is 0 Å². The second kappa shape index (κ2) is 9.03. The molecule has 0 atom stereocenters. The highest BCUT2D eigenvalue weighted by atomic mass is 15.2. The largest absolute Gasteiger partial charge is 0.373 e.